The van der Waals surface area contributed by atoms with Gasteiger partial charge in [0.2, 0.25) is 5.88 Å². The van der Waals surface area contributed by atoms with Crippen LogP contribution in [0.1, 0.15) is 5.56 Å². The van der Waals surface area contributed by atoms with E-state index in [0.29, 0.717) is 31.3 Å². The summed E-state index contributed by atoms with van der Waals surface area (Å²) in [6, 6.07) is 13.1. The van der Waals surface area contributed by atoms with Gasteiger partial charge in [-0.2, -0.15) is 0 Å². The second kappa shape index (κ2) is 8.75. The van der Waals surface area contributed by atoms with Crippen LogP contribution in [0.15, 0.2) is 48.7 Å². The maximum atomic E-state index is 12.3. The van der Waals surface area contributed by atoms with Crippen LogP contribution in [-0.4, -0.2) is 43.3 Å². The fourth-order valence-corrected chi connectivity index (χ4v) is 1.96. The van der Waals surface area contributed by atoms with E-state index in [-0.39, 0.29) is 6.03 Å². The zero-order valence-corrected chi connectivity index (χ0v) is 13.4. The first kappa shape index (κ1) is 16.8. The minimum absolute atomic E-state index is 0.224. The van der Waals surface area contributed by atoms with Gasteiger partial charge in [0.15, 0.2) is 0 Å². The molecule has 0 aliphatic rings. The minimum atomic E-state index is -0.224. The molecule has 122 valence electrons. The summed E-state index contributed by atoms with van der Waals surface area (Å²) < 4.78 is 10.4. The van der Waals surface area contributed by atoms with E-state index in [4.69, 9.17) is 9.47 Å². The third-order valence-electron chi connectivity index (χ3n) is 3.15. The van der Waals surface area contributed by atoms with Crippen molar-refractivity contribution in [1.29, 1.82) is 0 Å². The highest BCUT2D eigenvalue weighted by Gasteiger charge is 2.13. The van der Waals surface area contributed by atoms with Crippen molar-refractivity contribution in [2.24, 2.45) is 0 Å². The van der Waals surface area contributed by atoms with Gasteiger partial charge in [0.05, 0.1) is 6.61 Å². The second-order valence-electron chi connectivity index (χ2n) is 4.97. The van der Waals surface area contributed by atoms with Crippen LogP contribution in [0.3, 0.4) is 0 Å². The fourth-order valence-electron chi connectivity index (χ4n) is 1.96. The second-order valence-corrected chi connectivity index (χ2v) is 4.97. The highest BCUT2D eigenvalue weighted by molar-refractivity contribution is 5.90. The summed E-state index contributed by atoms with van der Waals surface area (Å²) in [6.07, 6.45) is 1.62. The summed E-state index contributed by atoms with van der Waals surface area (Å²) in [7, 11) is 3.34. The van der Waals surface area contributed by atoms with E-state index in [2.05, 4.69) is 10.3 Å². The van der Waals surface area contributed by atoms with Crippen molar-refractivity contribution < 1.29 is 14.3 Å². The molecule has 0 unspecified atom stereocenters. The molecule has 2 amide bonds. The van der Waals surface area contributed by atoms with Crippen LogP contribution in [0.4, 0.5) is 10.5 Å². The van der Waals surface area contributed by atoms with Crippen LogP contribution in [0, 0.1) is 0 Å². The molecule has 0 saturated heterocycles. The summed E-state index contributed by atoms with van der Waals surface area (Å²) >= 11 is 0. The molecule has 0 spiro atoms. The number of urea groups is 1. The van der Waals surface area contributed by atoms with Crippen LogP contribution in [0.25, 0.3) is 0 Å². The number of ether oxygens (including phenoxy) is 2. The van der Waals surface area contributed by atoms with Gasteiger partial charge in [0, 0.05) is 26.9 Å². The molecule has 1 heterocycles. The van der Waals surface area contributed by atoms with Gasteiger partial charge < -0.3 is 19.7 Å². The first-order chi connectivity index (χ1) is 11.2. The Morgan fingerprint density at radius 1 is 1.17 bits per heavy atom. The van der Waals surface area contributed by atoms with Crippen LogP contribution >= 0.6 is 0 Å². The van der Waals surface area contributed by atoms with Crippen LogP contribution in [-0.2, 0) is 11.3 Å². The van der Waals surface area contributed by atoms with E-state index >= 15 is 0 Å². The van der Waals surface area contributed by atoms with Crippen molar-refractivity contribution in [2.45, 2.75) is 6.54 Å². The van der Waals surface area contributed by atoms with Crippen molar-refractivity contribution >= 4 is 11.7 Å². The maximum absolute atomic E-state index is 12.3. The van der Waals surface area contributed by atoms with E-state index in [9.17, 15) is 4.79 Å². The largest absolute Gasteiger partial charge is 0.474 e. The SMILES string of the molecule is COCCOc1ncccc1NC(=O)N(C)Cc1ccccc1. The predicted molar refractivity (Wildman–Crippen MR) is 88.5 cm³/mol. The molecule has 1 aromatic carbocycles. The number of nitrogens with one attached hydrogen (secondary N) is 1. The topological polar surface area (TPSA) is 63.7 Å². The molecule has 0 atom stereocenters. The Hall–Kier alpha value is -2.60. The lowest BCUT2D eigenvalue weighted by atomic mass is 10.2. The molecule has 6 nitrogen and oxygen atoms in total. The van der Waals surface area contributed by atoms with Gasteiger partial charge in [-0.1, -0.05) is 30.3 Å². The average molecular weight is 315 g/mol. The molecular weight excluding hydrogens is 294 g/mol. The first-order valence-corrected chi connectivity index (χ1v) is 7.33. The van der Waals surface area contributed by atoms with Crippen LogP contribution in [0.2, 0.25) is 0 Å². The Morgan fingerprint density at radius 2 is 1.96 bits per heavy atom. The number of anilines is 1. The molecule has 1 aromatic heterocycles. The van der Waals surface area contributed by atoms with Gasteiger partial charge in [-0.3, -0.25) is 0 Å². The molecule has 1 N–H and O–H groups in total. The van der Waals surface area contributed by atoms with E-state index in [1.165, 1.54) is 0 Å². The van der Waals surface area contributed by atoms with Gasteiger partial charge in [0.25, 0.3) is 0 Å². The number of pyridine rings is 1. The number of rotatable bonds is 7. The monoisotopic (exact) mass is 315 g/mol. The Kier molecular flexibility index (Phi) is 6.38. The van der Waals surface area contributed by atoms with Crippen LogP contribution in [0.5, 0.6) is 5.88 Å². The normalized spacial score (nSPS) is 10.2. The van der Waals surface area contributed by atoms with Crippen molar-refractivity contribution in [3.63, 3.8) is 0 Å². The number of carbonyl (C=O) groups is 1. The third-order valence-corrected chi connectivity index (χ3v) is 3.15. The quantitative estimate of drug-likeness (QED) is 0.798. The summed E-state index contributed by atoms with van der Waals surface area (Å²) in [5.41, 5.74) is 1.60. The summed E-state index contributed by atoms with van der Waals surface area (Å²) in [4.78, 5) is 18.0. The van der Waals surface area contributed by atoms with E-state index < -0.39 is 0 Å². The van der Waals surface area contributed by atoms with Crippen molar-refractivity contribution in [2.75, 3.05) is 32.7 Å². The number of aromatic nitrogens is 1. The zero-order valence-electron chi connectivity index (χ0n) is 13.4. The van der Waals surface area contributed by atoms with Gasteiger partial charge in [-0.15, -0.1) is 0 Å². The molecule has 2 aromatic rings. The molecule has 23 heavy (non-hydrogen) atoms. The minimum Gasteiger partial charge on any atom is -0.474 e. The molecule has 0 fully saturated rings. The Labute approximate surface area is 136 Å². The number of hydrogen-bond donors (Lipinski definition) is 1. The molecular formula is C17H21N3O3. The molecule has 6 heteroatoms. The molecule has 0 aliphatic carbocycles. The van der Waals surface area contributed by atoms with Crippen molar-refractivity contribution in [1.82, 2.24) is 9.88 Å². The number of hydrogen-bond acceptors (Lipinski definition) is 4. The lowest BCUT2D eigenvalue weighted by Gasteiger charge is -2.19. The summed E-state index contributed by atoms with van der Waals surface area (Å²) in [5.74, 6) is 0.381. The Morgan fingerprint density at radius 3 is 2.70 bits per heavy atom. The summed E-state index contributed by atoms with van der Waals surface area (Å²) in [6.45, 7) is 1.35. The van der Waals surface area contributed by atoms with Crippen molar-refractivity contribution in [3.05, 3.63) is 54.2 Å². The molecule has 0 radical (unpaired) electrons. The maximum Gasteiger partial charge on any atom is 0.322 e. The lowest BCUT2D eigenvalue weighted by molar-refractivity contribution is 0.144. The number of amides is 2. The first-order valence-electron chi connectivity index (χ1n) is 7.33. The predicted octanol–water partition coefficient (Wildman–Crippen LogP) is 2.77. The van der Waals surface area contributed by atoms with Gasteiger partial charge in [-0.05, 0) is 17.7 Å². The average Bonchev–Trinajstić information content (AvgIpc) is 2.57. The van der Waals surface area contributed by atoms with E-state index in [0.717, 1.165) is 5.56 Å². The Balaban J connectivity index is 1.96. The molecule has 0 saturated carbocycles. The number of nitrogens with zero attached hydrogens (tertiary/aromatic N) is 2. The van der Waals surface area contributed by atoms with Gasteiger partial charge in [0.1, 0.15) is 12.3 Å². The highest BCUT2D eigenvalue weighted by atomic mass is 16.5. The smallest absolute Gasteiger partial charge is 0.322 e. The lowest BCUT2D eigenvalue weighted by Crippen LogP contribution is -2.31. The highest BCUT2D eigenvalue weighted by Crippen LogP contribution is 2.21. The van der Waals surface area contributed by atoms with Gasteiger partial charge in [-0.25, -0.2) is 9.78 Å². The standard InChI is InChI=1S/C17H21N3O3/c1-20(13-14-7-4-3-5-8-14)17(21)19-15-9-6-10-18-16(15)23-12-11-22-2/h3-10H,11-13H2,1-2H3,(H,19,21). The zero-order chi connectivity index (χ0) is 16.5. The summed E-state index contributed by atoms with van der Waals surface area (Å²) in [5, 5.41) is 2.82. The van der Waals surface area contributed by atoms with Crippen molar-refractivity contribution in [3.8, 4) is 5.88 Å². The third kappa shape index (κ3) is 5.27. The molecule has 0 aliphatic heterocycles. The van der Waals surface area contributed by atoms with E-state index in [1.807, 2.05) is 30.3 Å². The molecule has 2 rings (SSSR count). The fraction of sp³-hybridized carbons (Fsp3) is 0.294. The Bertz CT molecular complexity index is 619. The number of carbonyl (C=O) groups excluding carboxylic acids is 1. The van der Waals surface area contributed by atoms with Gasteiger partial charge >= 0.3 is 6.03 Å². The van der Waals surface area contributed by atoms with E-state index in [1.54, 1.807) is 37.4 Å². The number of methoxy groups -OCH3 is 1. The van der Waals surface area contributed by atoms with Crippen LogP contribution < -0.4 is 10.1 Å². The molecule has 0 bridgehead atoms. The number of benzene rings is 1.